The number of halogens is 1. The number of aldehydes is 2. The second-order valence-corrected chi connectivity index (χ2v) is 12.7. The molecular formula is C42H43ClN4O5. The number of carboxylic acids is 1. The van der Waals surface area contributed by atoms with Crippen molar-refractivity contribution < 1.29 is 24.3 Å². The fourth-order valence-corrected chi connectivity index (χ4v) is 6.21. The Morgan fingerprint density at radius 2 is 1.12 bits per heavy atom. The maximum atomic E-state index is 12.7. The Balaban J connectivity index is 0.000000229. The highest BCUT2D eigenvalue weighted by molar-refractivity contribution is 5.96. The summed E-state index contributed by atoms with van der Waals surface area (Å²) >= 11 is 0. The van der Waals surface area contributed by atoms with Gasteiger partial charge in [-0.15, -0.1) is 12.4 Å². The van der Waals surface area contributed by atoms with E-state index < -0.39 is 5.97 Å². The summed E-state index contributed by atoms with van der Waals surface area (Å²) in [5.41, 5.74) is 7.40. The van der Waals surface area contributed by atoms with Crippen molar-refractivity contribution in [3.05, 3.63) is 141 Å². The van der Waals surface area contributed by atoms with Gasteiger partial charge in [-0.1, -0.05) is 36.4 Å². The molecule has 9 nitrogen and oxygen atoms in total. The van der Waals surface area contributed by atoms with Gasteiger partial charge in [-0.05, 0) is 135 Å². The third-order valence-corrected chi connectivity index (χ3v) is 9.45. The van der Waals surface area contributed by atoms with Crippen LogP contribution in [0.1, 0.15) is 112 Å². The molecule has 10 heteroatoms. The van der Waals surface area contributed by atoms with Crippen molar-refractivity contribution in [3.63, 3.8) is 0 Å². The molecule has 4 aromatic carbocycles. The van der Waals surface area contributed by atoms with Crippen LogP contribution in [-0.2, 0) is 0 Å². The number of nitrogens with zero attached hydrogens (tertiary/aromatic N) is 3. The molecule has 2 heterocycles. The minimum atomic E-state index is -1.02. The zero-order chi connectivity index (χ0) is 36.8. The Kier molecular flexibility index (Phi) is 15.9. The minimum absolute atomic E-state index is 0. The number of piperidine rings is 2. The van der Waals surface area contributed by atoms with E-state index >= 15 is 0 Å². The highest BCUT2D eigenvalue weighted by Crippen LogP contribution is 2.29. The summed E-state index contributed by atoms with van der Waals surface area (Å²) in [7, 11) is 0. The lowest BCUT2D eigenvalue weighted by Crippen LogP contribution is -2.38. The van der Waals surface area contributed by atoms with Gasteiger partial charge in [0, 0.05) is 29.8 Å². The van der Waals surface area contributed by atoms with Gasteiger partial charge in [0.15, 0.2) is 0 Å². The Labute approximate surface area is 311 Å². The number of carboxylic acid groups (broad SMARTS) is 1. The molecule has 2 saturated heterocycles. The van der Waals surface area contributed by atoms with Crippen molar-refractivity contribution in [1.29, 1.82) is 10.5 Å². The van der Waals surface area contributed by atoms with Gasteiger partial charge >= 0.3 is 5.97 Å². The summed E-state index contributed by atoms with van der Waals surface area (Å²) in [6, 6.07) is 29.8. The molecular weight excluding hydrogens is 676 g/mol. The molecule has 268 valence electrons. The Bertz CT molecular complexity index is 1920. The van der Waals surface area contributed by atoms with Gasteiger partial charge in [0.25, 0.3) is 5.91 Å². The predicted molar refractivity (Wildman–Crippen MR) is 202 cm³/mol. The van der Waals surface area contributed by atoms with Crippen LogP contribution in [0.4, 0.5) is 0 Å². The van der Waals surface area contributed by atoms with E-state index in [9.17, 15) is 19.2 Å². The van der Waals surface area contributed by atoms with E-state index in [0.717, 1.165) is 48.9 Å². The number of aromatic carboxylic acids is 1. The molecule has 2 aliphatic rings. The number of amides is 1. The van der Waals surface area contributed by atoms with E-state index in [1.165, 1.54) is 36.1 Å². The molecule has 0 unspecified atom stereocenters. The summed E-state index contributed by atoms with van der Waals surface area (Å²) < 4.78 is 0. The second kappa shape index (κ2) is 20.3. The van der Waals surface area contributed by atoms with Crippen LogP contribution in [0.3, 0.4) is 0 Å². The first-order valence-corrected chi connectivity index (χ1v) is 17.0. The Morgan fingerprint density at radius 3 is 1.54 bits per heavy atom. The van der Waals surface area contributed by atoms with Crippen LogP contribution in [0, 0.1) is 36.5 Å². The Hall–Kier alpha value is -5.61. The quantitative estimate of drug-likeness (QED) is 0.193. The van der Waals surface area contributed by atoms with Crippen molar-refractivity contribution >= 4 is 36.9 Å². The normalized spacial score (nSPS) is 14.0. The highest BCUT2D eigenvalue weighted by atomic mass is 35.5. The number of benzene rings is 4. The van der Waals surface area contributed by atoms with E-state index in [1.54, 1.807) is 25.1 Å². The molecule has 2 fully saturated rings. The van der Waals surface area contributed by atoms with Gasteiger partial charge in [-0.2, -0.15) is 10.5 Å². The van der Waals surface area contributed by atoms with E-state index in [4.69, 9.17) is 15.6 Å². The van der Waals surface area contributed by atoms with Gasteiger partial charge in [0.05, 0.1) is 28.8 Å². The fourth-order valence-electron chi connectivity index (χ4n) is 6.21. The molecule has 2 N–H and O–H groups in total. The number of carbonyl (C=O) groups excluding carboxylic acids is 3. The minimum Gasteiger partial charge on any atom is -0.478 e. The monoisotopic (exact) mass is 718 g/mol. The number of hydrogen-bond donors (Lipinski definition) is 2. The third-order valence-electron chi connectivity index (χ3n) is 9.45. The largest absolute Gasteiger partial charge is 0.478 e. The van der Waals surface area contributed by atoms with E-state index in [1.807, 2.05) is 54.3 Å². The number of aryl methyl sites for hydroxylation is 2. The average Bonchev–Trinajstić information content (AvgIpc) is 3.19. The third kappa shape index (κ3) is 11.2. The van der Waals surface area contributed by atoms with Crippen molar-refractivity contribution in [2.24, 2.45) is 0 Å². The summed E-state index contributed by atoms with van der Waals surface area (Å²) in [5.74, 6) is 0.0730. The number of hydrogen-bond acceptors (Lipinski definition) is 7. The lowest BCUT2D eigenvalue weighted by molar-refractivity contribution is 0.0692. The second-order valence-electron chi connectivity index (χ2n) is 12.7. The standard InChI is InChI=1S/C21H20N2O2.C12H14N2.C9H8O3.ClH/c1-15-2-5-19(12-20(15)14-24)21(25)23-10-8-18(9-11-23)17-6-3-16(13-22)4-7-17;13-9-10-1-3-11(4-2-10)12-5-7-14-8-6-12;1-6-2-3-7(9(11)12)4-8(6)5-10;/h2-7,12,14,18H,8-11H2,1H3;1-4,12,14H,5-8H2;2-5H,1H3,(H,11,12);1H. The molecule has 0 aromatic heterocycles. The summed E-state index contributed by atoms with van der Waals surface area (Å²) in [5, 5.41) is 29.5. The first kappa shape index (κ1) is 40.8. The molecule has 0 saturated carbocycles. The van der Waals surface area contributed by atoms with E-state index in [2.05, 4.69) is 29.6 Å². The molecule has 0 aliphatic carbocycles. The topological polar surface area (TPSA) is 151 Å². The fraction of sp³-hybridized carbons (Fsp3) is 0.286. The van der Waals surface area contributed by atoms with Crippen LogP contribution in [0.15, 0.2) is 84.9 Å². The van der Waals surface area contributed by atoms with Gasteiger partial charge < -0.3 is 15.3 Å². The first-order valence-electron chi connectivity index (χ1n) is 17.0. The molecule has 0 radical (unpaired) electrons. The van der Waals surface area contributed by atoms with Crippen LogP contribution in [-0.4, -0.2) is 60.6 Å². The number of likely N-dealkylation sites (tertiary alicyclic amines) is 1. The summed E-state index contributed by atoms with van der Waals surface area (Å²) in [6.07, 6.45) is 5.69. The maximum absolute atomic E-state index is 12.7. The molecule has 6 rings (SSSR count). The summed E-state index contributed by atoms with van der Waals surface area (Å²) in [4.78, 5) is 46.5. The number of nitriles is 2. The predicted octanol–water partition coefficient (Wildman–Crippen LogP) is 7.65. The zero-order valence-electron chi connectivity index (χ0n) is 29.4. The molecule has 4 aromatic rings. The lowest BCUT2D eigenvalue weighted by Gasteiger charge is -2.32. The van der Waals surface area contributed by atoms with Crippen LogP contribution in [0.25, 0.3) is 0 Å². The van der Waals surface area contributed by atoms with Crippen LogP contribution >= 0.6 is 12.4 Å². The maximum Gasteiger partial charge on any atom is 0.335 e. The number of carbonyl (C=O) groups is 4. The molecule has 2 aliphatic heterocycles. The molecule has 1 amide bonds. The van der Waals surface area contributed by atoms with Gasteiger partial charge in [0.1, 0.15) is 12.6 Å². The smallest absolute Gasteiger partial charge is 0.335 e. The molecule has 52 heavy (non-hydrogen) atoms. The highest BCUT2D eigenvalue weighted by Gasteiger charge is 2.25. The lowest BCUT2D eigenvalue weighted by atomic mass is 9.89. The zero-order valence-corrected chi connectivity index (χ0v) is 30.2. The van der Waals surface area contributed by atoms with Crippen LogP contribution in [0.5, 0.6) is 0 Å². The molecule has 0 atom stereocenters. The summed E-state index contributed by atoms with van der Waals surface area (Å²) in [6.45, 7) is 7.26. The van der Waals surface area contributed by atoms with Gasteiger partial charge in [0.2, 0.25) is 0 Å². The Morgan fingerprint density at radius 1 is 0.692 bits per heavy atom. The van der Waals surface area contributed by atoms with Gasteiger partial charge in [-0.3, -0.25) is 14.4 Å². The van der Waals surface area contributed by atoms with Gasteiger partial charge in [-0.25, -0.2) is 4.79 Å². The number of nitrogens with one attached hydrogen (secondary N) is 1. The van der Waals surface area contributed by atoms with E-state index in [-0.39, 0.29) is 23.9 Å². The first-order chi connectivity index (χ1) is 24.7. The molecule has 0 bridgehead atoms. The van der Waals surface area contributed by atoms with Crippen molar-refractivity contribution in [3.8, 4) is 12.1 Å². The van der Waals surface area contributed by atoms with Crippen molar-refractivity contribution in [2.45, 2.75) is 51.4 Å². The van der Waals surface area contributed by atoms with Crippen molar-refractivity contribution in [1.82, 2.24) is 10.2 Å². The van der Waals surface area contributed by atoms with Crippen LogP contribution in [0.2, 0.25) is 0 Å². The van der Waals surface area contributed by atoms with Crippen molar-refractivity contribution in [2.75, 3.05) is 26.2 Å². The SMILES string of the molecule is Cc1ccc(C(=O)N2CCC(c3ccc(C#N)cc3)CC2)cc1C=O.Cc1ccc(C(=O)O)cc1C=O.Cl.N#Cc1ccc(C2CCNCC2)cc1. The molecule has 0 spiro atoms. The van der Waals surface area contributed by atoms with E-state index in [0.29, 0.717) is 53.5 Å². The number of rotatable bonds is 6. The average molecular weight is 719 g/mol. The van der Waals surface area contributed by atoms with Crippen LogP contribution < -0.4 is 5.32 Å².